The largest absolute Gasteiger partial charge is 0.366 e. The molecule has 0 atom stereocenters. The van der Waals surface area contributed by atoms with Gasteiger partial charge in [-0.3, -0.25) is 9.79 Å². The van der Waals surface area contributed by atoms with Crippen LogP contribution in [0.2, 0.25) is 0 Å². The maximum absolute atomic E-state index is 12.6. The summed E-state index contributed by atoms with van der Waals surface area (Å²) in [4.78, 5) is 18.5. The van der Waals surface area contributed by atoms with E-state index < -0.39 is 0 Å². The monoisotopic (exact) mass is 270 g/mol. The number of nitrogens with zero attached hydrogens (tertiary/aromatic N) is 3. The fraction of sp³-hybridized carbons (Fsp3) is 0.400. The molecular formula is C15H18N4O. The predicted octanol–water partition coefficient (Wildman–Crippen LogP) is 1.72. The average Bonchev–Trinajstić information content (AvgIpc) is 2.77. The van der Waals surface area contributed by atoms with Crippen molar-refractivity contribution < 1.29 is 4.79 Å². The molecule has 0 unspecified atom stereocenters. The molecule has 0 spiro atoms. The molecule has 0 saturated carbocycles. The molecule has 0 saturated heterocycles. The van der Waals surface area contributed by atoms with Crippen LogP contribution in [0.5, 0.6) is 0 Å². The van der Waals surface area contributed by atoms with Crippen molar-refractivity contribution in [3.8, 4) is 6.07 Å². The maximum Gasteiger partial charge on any atom is 0.293 e. The summed E-state index contributed by atoms with van der Waals surface area (Å²) in [7, 11) is 0. The van der Waals surface area contributed by atoms with Gasteiger partial charge in [0.15, 0.2) is 5.84 Å². The topological polar surface area (TPSA) is 68.5 Å². The lowest BCUT2D eigenvalue weighted by atomic mass is 10.2. The molecule has 1 amide bonds. The summed E-state index contributed by atoms with van der Waals surface area (Å²) in [6.45, 7) is 1.82. The molecule has 5 heteroatoms. The lowest BCUT2D eigenvalue weighted by molar-refractivity contribution is -0.112. The first kappa shape index (κ1) is 14.1. The van der Waals surface area contributed by atoms with Gasteiger partial charge in [-0.15, -0.1) is 0 Å². The highest BCUT2D eigenvalue weighted by Gasteiger charge is 2.21. The normalized spacial score (nSPS) is 14.4. The molecule has 1 aliphatic heterocycles. The van der Waals surface area contributed by atoms with Crippen LogP contribution >= 0.6 is 0 Å². The summed E-state index contributed by atoms with van der Waals surface area (Å²) < 4.78 is 0. The molecule has 1 N–H and O–H groups in total. The number of benzene rings is 1. The van der Waals surface area contributed by atoms with E-state index in [0.29, 0.717) is 25.3 Å². The van der Waals surface area contributed by atoms with E-state index in [0.717, 1.165) is 25.1 Å². The molecule has 20 heavy (non-hydrogen) atoms. The Morgan fingerprint density at radius 1 is 1.35 bits per heavy atom. The minimum Gasteiger partial charge on any atom is -0.366 e. The average molecular weight is 270 g/mol. The van der Waals surface area contributed by atoms with Gasteiger partial charge in [-0.1, -0.05) is 18.2 Å². The second kappa shape index (κ2) is 7.29. The number of para-hydroxylation sites is 1. The van der Waals surface area contributed by atoms with Gasteiger partial charge < -0.3 is 10.2 Å². The second-order valence-corrected chi connectivity index (χ2v) is 4.56. The molecule has 5 nitrogen and oxygen atoms in total. The van der Waals surface area contributed by atoms with Gasteiger partial charge in [0.05, 0.1) is 12.5 Å². The zero-order chi connectivity index (χ0) is 14.2. The van der Waals surface area contributed by atoms with Crippen LogP contribution in [-0.2, 0) is 4.79 Å². The first-order valence-electron chi connectivity index (χ1n) is 6.85. The van der Waals surface area contributed by atoms with Crippen LogP contribution < -0.4 is 10.2 Å². The summed E-state index contributed by atoms with van der Waals surface area (Å²) in [5.74, 6) is 0.248. The number of nitrogens with one attached hydrogen (secondary N) is 1. The molecule has 1 aliphatic rings. The number of amidine groups is 1. The van der Waals surface area contributed by atoms with Crippen molar-refractivity contribution in [1.29, 1.82) is 5.26 Å². The van der Waals surface area contributed by atoms with Crippen molar-refractivity contribution in [2.24, 2.45) is 4.99 Å². The fourth-order valence-corrected chi connectivity index (χ4v) is 2.08. The van der Waals surface area contributed by atoms with Crippen LogP contribution in [0.15, 0.2) is 35.3 Å². The standard InChI is InChI=1S/C15H18N4O/c16-9-6-12-19(13-7-2-1-3-8-13)15(20)14-17-10-4-5-11-18-14/h1-3,7-8H,4-6,10-12H2,(H,17,18). The van der Waals surface area contributed by atoms with Crippen molar-refractivity contribution in [3.05, 3.63) is 30.3 Å². The summed E-state index contributed by atoms with van der Waals surface area (Å²) in [6.07, 6.45) is 2.31. The van der Waals surface area contributed by atoms with Gasteiger partial charge in [-0.2, -0.15) is 5.26 Å². The molecule has 1 heterocycles. The number of aliphatic imine (C=N–C) groups is 1. The third-order valence-electron chi connectivity index (χ3n) is 3.11. The van der Waals surface area contributed by atoms with Crippen LogP contribution in [0, 0.1) is 11.3 Å². The fourth-order valence-electron chi connectivity index (χ4n) is 2.08. The summed E-state index contributed by atoms with van der Waals surface area (Å²) in [6, 6.07) is 11.5. The molecule has 0 radical (unpaired) electrons. The molecular weight excluding hydrogens is 252 g/mol. The highest BCUT2D eigenvalue weighted by atomic mass is 16.2. The van der Waals surface area contributed by atoms with Crippen LogP contribution in [-0.4, -0.2) is 31.4 Å². The number of hydrogen-bond acceptors (Lipinski definition) is 4. The Bertz CT molecular complexity index is 518. The third kappa shape index (κ3) is 3.58. The second-order valence-electron chi connectivity index (χ2n) is 4.56. The van der Waals surface area contributed by atoms with Crippen molar-refractivity contribution in [2.75, 3.05) is 24.5 Å². The first-order chi connectivity index (χ1) is 9.83. The minimum absolute atomic E-state index is 0.159. The van der Waals surface area contributed by atoms with E-state index in [1.165, 1.54) is 0 Å². The molecule has 1 aromatic carbocycles. The summed E-state index contributed by atoms with van der Waals surface area (Å²) >= 11 is 0. The summed E-state index contributed by atoms with van der Waals surface area (Å²) in [5, 5.41) is 11.8. The zero-order valence-corrected chi connectivity index (χ0v) is 11.4. The highest BCUT2D eigenvalue weighted by molar-refractivity contribution is 6.42. The molecule has 0 aliphatic carbocycles. The van der Waals surface area contributed by atoms with Gasteiger partial charge in [0.1, 0.15) is 0 Å². The van der Waals surface area contributed by atoms with Gasteiger partial charge in [0.2, 0.25) is 0 Å². The number of amides is 1. The Kier molecular flexibility index (Phi) is 5.13. The van der Waals surface area contributed by atoms with Gasteiger partial charge in [0.25, 0.3) is 5.91 Å². The number of carbonyl (C=O) groups excluding carboxylic acids is 1. The van der Waals surface area contributed by atoms with E-state index in [-0.39, 0.29) is 5.91 Å². The first-order valence-corrected chi connectivity index (χ1v) is 6.85. The van der Waals surface area contributed by atoms with E-state index in [9.17, 15) is 4.79 Å². The molecule has 2 rings (SSSR count). The van der Waals surface area contributed by atoms with Crippen LogP contribution in [0.3, 0.4) is 0 Å². The van der Waals surface area contributed by atoms with Crippen molar-refractivity contribution >= 4 is 17.4 Å². The number of anilines is 1. The van der Waals surface area contributed by atoms with Crippen LogP contribution in [0.1, 0.15) is 19.3 Å². The van der Waals surface area contributed by atoms with Gasteiger partial charge in [-0.25, -0.2) is 0 Å². The van der Waals surface area contributed by atoms with E-state index in [1.807, 2.05) is 30.3 Å². The Morgan fingerprint density at radius 3 is 2.90 bits per heavy atom. The molecule has 1 aromatic rings. The molecule has 0 bridgehead atoms. The Labute approximate surface area is 118 Å². The quantitative estimate of drug-likeness (QED) is 0.905. The zero-order valence-electron chi connectivity index (χ0n) is 11.4. The predicted molar refractivity (Wildman–Crippen MR) is 78.6 cm³/mol. The SMILES string of the molecule is N#CCCN(C(=O)C1=NCCCCN1)c1ccccc1. The molecule has 104 valence electrons. The Balaban J connectivity index is 2.20. The van der Waals surface area contributed by atoms with Gasteiger partial charge in [-0.05, 0) is 25.0 Å². The van der Waals surface area contributed by atoms with E-state index in [2.05, 4.69) is 16.4 Å². The van der Waals surface area contributed by atoms with Gasteiger partial charge in [0, 0.05) is 25.3 Å². The van der Waals surface area contributed by atoms with Crippen molar-refractivity contribution in [3.63, 3.8) is 0 Å². The minimum atomic E-state index is -0.159. The lowest BCUT2D eigenvalue weighted by Gasteiger charge is -2.22. The summed E-state index contributed by atoms with van der Waals surface area (Å²) in [5.41, 5.74) is 0.793. The third-order valence-corrected chi connectivity index (χ3v) is 3.11. The Hall–Kier alpha value is -2.35. The Morgan fingerprint density at radius 2 is 2.15 bits per heavy atom. The molecule has 0 aromatic heterocycles. The number of hydrogen-bond donors (Lipinski definition) is 1. The van der Waals surface area contributed by atoms with Crippen molar-refractivity contribution in [2.45, 2.75) is 19.3 Å². The lowest BCUT2D eigenvalue weighted by Crippen LogP contribution is -2.43. The van der Waals surface area contributed by atoms with E-state index >= 15 is 0 Å². The molecule has 0 fully saturated rings. The smallest absolute Gasteiger partial charge is 0.293 e. The van der Waals surface area contributed by atoms with Crippen molar-refractivity contribution in [1.82, 2.24) is 5.32 Å². The maximum atomic E-state index is 12.6. The van der Waals surface area contributed by atoms with E-state index in [4.69, 9.17) is 5.26 Å². The highest BCUT2D eigenvalue weighted by Crippen LogP contribution is 2.14. The van der Waals surface area contributed by atoms with E-state index in [1.54, 1.807) is 4.90 Å². The van der Waals surface area contributed by atoms with Crippen LogP contribution in [0.25, 0.3) is 0 Å². The number of nitriles is 1. The number of rotatable bonds is 4. The number of carbonyl (C=O) groups is 1. The van der Waals surface area contributed by atoms with Gasteiger partial charge >= 0.3 is 0 Å². The van der Waals surface area contributed by atoms with Crippen LogP contribution in [0.4, 0.5) is 5.69 Å².